The molecule has 2 fully saturated rings. The molecule has 0 radical (unpaired) electrons. The van der Waals surface area contributed by atoms with Gasteiger partial charge in [-0.05, 0) is 30.5 Å². The minimum atomic E-state index is -3.44. The van der Waals surface area contributed by atoms with Crippen molar-refractivity contribution in [3.63, 3.8) is 0 Å². The molecule has 0 atom stereocenters. The summed E-state index contributed by atoms with van der Waals surface area (Å²) in [5.41, 5.74) is 0.694. The molecule has 26 heavy (non-hydrogen) atoms. The normalized spacial score (nSPS) is 21.4. The van der Waals surface area contributed by atoms with Crippen LogP contribution in [-0.4, -0.2) is 61.2 Å². The van der Waals surface area contributed by atoms with Crippen LogP contribution < -0.4 is 0 Å². The molecular weight excluding hydrogens is 360 g/mol. The van der Waals surface area contributed by atoms with Gasteiger partial charge in [-0.1, -0.05) is 25.3 Å². The Morgan fingerprint density at radius 2 is 1.69 bits per heavy atom. The van der Waals surface area contributed by atoms with E-state index in [0.29, 0.717) is 38.3 Å². The molecule has 1 aliphatic carbocycles. The molecule has 0 aromatic heterocycles. The van der Waals surface area contributed by atoms with Gasteiger partial charge in [0.15, 0.2) is 11.6 Å². The van der Waals surface area contributed by atoms with Crippen molar-refractivity contribution in [2.24, 2.45) is 0 Å². The van der Waals surface area contributed by atoms with E-state index in [9.17, 15) is 17.2 Å². The predicted molar refractivity (Wildman–Crippen MR) is 96.8 cm³/mol. The quantitative estimate of drug-likeness (QED) is 0.780. The molecule has 1 aromatic rings. The van der Waals surface area contributed by atoms with Crippen LogP contribution in [0.5, 0.6) is 0 Å². The highest BCUT2D eigenvalue weighted by atomic mass is 32.2. The minimum absolute atomic E-state index is 0.106. The molecule has 1 heterocycles. The number of piperazine rings is 1. The van der Waals surface area contributed by atoms with Gasteiger partial charge in [0.05, 0.1) is 0 Å². The maximum Gasteiger partial charge on any atom is 0.282 e. The molecule has 0 amide bonds. The standard InChI is InChI=1S/C18H27F2N3O2S/c1-21(16-5-3-2-4-6-16)26(24,25)23-11-9-22(10-12-23)14-15-7-8-17(19)18(20)13-15/h7-8,13,16H,2-6,9-12,14H2,1H3. The minimum Gasteiger partial charge on any atom is -0.296 e. The van der Waals surface area contributed by atoms with Crippen molar-refractivity contribution in [2.75, 3.05) is 33.2 Å². The lowest BCUT2D eigenvalue weighted by Gasteiger charge is -2.38. The fraction of sp³-hybridized carbons (Fsp3) is 0.667. The Balaban J connectivity index is 1.56. The third-order valence-electron chi connectivity index (χ3n) is 5.50. The highest BCUT2D eigenvalue weighted by Gasteiger charge is 2.34. The average molecular weight is 387 g/mol. The number of halogens is 2. The van der Waals surface area contributed by atoms with Crippen LogP contribution in [0.25, 0.3) is 0 Å². The second-order valence-electron chi connectivity index (χ2n) is 7.24. The molecule has 0 bridgehead atoms. The molecule has 1 aromatic carbocycles. The summed E-state index contributed by atoms with van der Waals surface area (Å²) in [6.45, 7) is 2.49. The van der Waals surface area contributed by atoms with Gasteiger partial charge in [0.1, 0.15) is 0 Å². The van der Waals surface area contributed by atoms with E-state index in [2.05, 4.69) is 4.90 Å². The van der Waals surface area contributed by atoms with E-state index in [-0.39, 0.29) is 6.04 Å². The summed E-state index contributed by atoms with van der Waals surface area (Å²) in [7, 11) is -1.75. The van der Waals surface area contributed by atoms with Crippen molar-refractivity contribution < 1.29 is 17.2 Å². The molecule has 8 heteroatoms. The van der Waals surface area contributed by atoms with Crippen LogP contribution in [0.4, 0.5) is 8.78 Å². The maximum absolute atomic E-state index is 13.3. The number of hydrogen-bond donors (Lipinski definition) is 0. The first-order valence-corrected chi connectivity index (χ1v) is 10.7. The average Bonchev–Trinajstić information content (AvgIpc) is 2.65. The molecule has 146 valence electrons. The van der Waals surface area contributed by atoms with Crippen LogP contribution in [-0.2, 0) is 16.8 Å². The molecule has 1 saturated carbocycles. The molecule has 1 aliphatic heterocycles. The Morgan fingerprint density at radius 3 is 2.31 bits per heavy atom. The zero-order chi connectivity index (χ0) is 18.7. The highest BCUT2D eigenvalue weighted by Crippen LogP contribution is 2.25. The van der Waals surface area contributed by atoms with E-state index < -0.39 is 21.8 Å². The van der Waals surface area contributed by atoms with Crippen molar-refractivity contribution >= 4 is 10.2 Å². The number of rotatable bonds is 5. The molecule has 0 unspecified atom stereocenters. The topological polar surface area (TPSA) is 43.9 Å². The van der Waals surface area contributed by atoms with E-state index >= 15 is 0 Å². The fourth-order valence-electron chi connectivity index (χ4n) is 3.83. The van der Waals surface area contributed by atoms with Crippen molar-refractivity contribution in [3.8, 4) is 0 Å². The zero-order valence-corrected chi connectivity index (χ0v) is 16.0. The van der Waals surface area contributed by atoms with Gasteiger partial charge in [-0.25, -0.2) is 8.78 Å². The second-order valence-corrected chi connectivity index (χ2v) is 9.23. The summed E-state index contributed by atoms with van der Waals surface area (Å²) >= 11 is 0. The van der Waals surface area contributed by atoms with Crippen LogP contribution in [0.1, 0.15) is 37.7 Å². The van der Waals surface area contributed by atoms with Crippen molar-refractivity contribution in [2.45, 2.75) is 44.7 Å². The third-order valence-corrected chi connectivity index (χ3v) is 7.54. The van der Waals surface area contributed by atoms with Gasteiger partial charge in [0.25, 0.3) is 10.2 Å². The van der Waals surface area contributed by atoms with Crippen LogP contribution in [0.15, 0.2) is 18.2 Å². The lowest BCUT2D eigenvalue weighted by Crippen LogP contribution is -2.54. The lowest BCUT2D eigenvalue weighted by atomic mass is 9.96. The smallest absolute Gasteiger partial charge is 0.282 e. The van der Waals surface area contributed by atoms with Crippen LogP contribution in [0, 0.1) is 11.6 Å². The number of hydrogen-bond acceptors (Lipinski definition) is 3. The van der Waals surface area contributed by atoms with Crippen LogP contribution >= 0.6 is 0 Å². The SMILES string of the molecule is CN(C1CCCCC1)S(=O)(=O)N1CCN(Cc2ccc(F)c(F)c2)CC1. The summed E-state index contributed by atoms with van der Waals surface area (Å²) in [6, 6.07) is 4.01. The fourth-order valence-corrected chi connectivity index (χ4v) is 5.41. The molecule has 0 spiro atoms. The highest BCUT2D eigenvalue weighted by molar-refractivity contribution is 7.86. The van der Waals surface area contributed by atoms with Crippen LogP contribution in [0.2, 0.25) is 0 Å². The first kappa shape index (κ1) is 19.7. The number of benzene rings is 1. The van der Waals surface area contributed by atoms with Crippen molar-refractivity contribution in [1.82, 2.24) is 13.5 Å². The van der Waals surface area contributed by atoms with E-state index in [1.54, 1.807) is 21.7 Å². The molecule has 3 rings (SSSR count). The third kappa shape index (κ3) is 4.42. The Labute approximate surface area is 154 Å². The Kier molecular flexibility index (Phi) is 6.27. The summed E-state index contributed by atoms with van der Waals surface area (Å²) < 4.78 is 55.2. The zero-order valence-electron chi connectivity index (χ0n) is 15.2. The predicted octanol–water partition coefficient (Wildman–Crippen LogP) is 2.59. The van der Waals surface area contributed by atoms with Gasteiger partial charge in [0, 0.05) is 45.8 Å². The van der Waals surface area contributed by atoms with Gasteiger partial charge in [-0.3, -0.25) is 4.90 Å². The van der Waals surface area contributed by atoms with Gasteiger partial charge in [0.2, 0.25) is 0 Å². The summed E-state index contributed by atoms with van der Waals surface area (Å²) in [6.07, 6.45) is 5.24. The largest absolute Gasteiger partial charge is 0.296 e. The van der Waals surface area contributed by atoms with Gasteiger partial charge in [-0.15, -0.1) is 0 Å². The van der Waals surface area contributed by atoms with Gasteiger partial charge >= 0.3 is 0 Å². The van der Waals surface area contributed by atoms with Crippen molar-refractivity contribution in [3.05, 3.63) is 35.4 Å². The lowest BCUT2D eigenvalue weighted by molar-refractivity contribution is 0.170. The maximum atomic E-state index is 13.3. The Morgan fingerprint density at radius 1 is 1.04 bits per heavy atom. The van der Waals surface area contributed by atoms with Crippen LogP contribution in [0.3, 0.4) is 0 Å². The summed E-state index contributed by atoms with van der Waals surface area (Å²) in [4.78, 5) is 2.07. The van der Waals surface area contributed by atoms with Crippen molar-refractivity contribution in [1.29, 1.82) is 0 Å². The number of nitrogens with zero attached hydrogens (tertiary/aromatic N) is 3. The van der Waals surface area contributed by atoms with E-state index in [0.717, 1.165) is 31.7 Å². The second kappa shape index (κ2) is 8.29. The molecular formula is C18H27F2N3O2S. The molecule has 2 aliphatic rings. The monoisotopic (exact) mass is 387 g/mol. The summed E-state index contributed by atoms with van der Waals surface area (Å²) in [5.74, 6) is -1.70. The molecule has 0 N–H and O–H groups in total. The van der Waals surface area contributed by atoms with Gasteiger partial charge < -0.3 is 0 Å². The molecule has 1 saturated heterocycles. The molecule has 5 nitrogen and oxygen atoms in total. The van der Waals surface area contributed by atoms with E-state index in [1.807, 2.05) is 0 Å². The first-order chi connectivity index (χ1) is 12.4. The van der Waals surface area contributed by atoms with E-state index in [1.165, 1.54) is 12.5 Å². The Bertz CT molecular complexity index is 715. The first-order valence-electron chi connectivity index (χ1n) is 9.27. The van der Waals surface area contributed by atoms with E-state index in [4.69, 9.17) is 0 Å². The Hall–Kier alpha value is -1.09. The summed E-state index contributed by atoms with van der Waals surface area (Å²) in [5, 5.41) is 0. The van der Waals surface area contributed by atoms with Gasteiger partial charge in [-0.2, -0.15) is 17.0 Å².